The molecule has 0 radical (unpaired) electrons. The number of aromatic nitrogens is 3. The molecule has 140 valence electrons. The fourth-order valence-corrected chi connectivity index (χ4v) is 5.20. The zero-order valence-corrected chi connectivity index (χ0v) is 16.0. The van der Waals surface area contributed by atoms with Gasteiger partial charge in [0.1, 0.15) is 5.82 Å². The van der Waals surface area contributed by atoms with Crippen molar-refractivity contribution in [2.75, 3.05) is 11.5 Å². The van der Waals surface area contributed by atoms with Crippen LogP contribution in [0.2, 0.25) is 0 Å². The Hall–Kier alpha value is -1.94. The van der Waals surface area contributed by atoms with Crippen molar-refractivity contribution in [3.63, 3.8) is 0 Å². The van der Waals surface area contributed by atoms with E-state index in [1.54, 1.807) is 30.7 Å². The minimum atomic E-state index is -3.04. The first-order valence-electron chi connectivity index (χ1n) is 8.08. The molecule has 1 aliphatic rings. The summed E-state index contributed by atoms with van der Waals surface area (Å²) in [5, 5.41) is 11.1. The Morgan fingerprint density at radius 3 is 2.65 bits per heavy atom. The van der Waals surface area contributed by atoms with E-state index in [2.05, 4.69) is 15.5 Å². The third-order valence-electron chi connectivity index (χ3n) is 4.17. The molecule has 26 heavy (non-hydrogen) atoms. The van der Waals surface area contributed by atoms with Gasteiger partial charge in [0.05, 0.1) is 16.8 Å². The van der Waals surface area contributed by atoms with Crippen LogP contribution in [-0.4, -0.2) is 51.9 Å². The molecule has 1 N–H and O–H groups in total. The molecule has 2 aromatic rings. The zero-order valence-electron chi connectivity index (χ0n) is 14.3. The van der Waals surface area contributed by atoms with Gasteiger partial charge in [-0.05, 0) is 37.6 Å². The normalized spacial score (nSPS) is 20.0. The van der Waals surface area contributed by atoms with E-state index >= 15 is 0 Å². The zero-order chi connectivity index (χ0) is 18.9. The SMILES string of the molecule is C[C@H](Sc1nnc(-c2ccc(F)cc2)n1C)C(=O)N[C@@H]1CCS(=O)(=O)C1. The minimum Gasteiger partial charge on any atom is -0.351 e. The van der Waals surface area contributed by atoms with Crippen LogP contribution in [0.5, 0.6) is 0 Å². The summed E-state index contributed by atoms with van der Waals surface area (Å²) >= 11 is 1.23. The number of carbonyl (C=O) groups excluding carboxylic acids is 1. The summed E-state index contributed by atoms with van der Waals surface area (Å²) < 4.78 is 37.8. The smallest absolute Gasteiger partial charge is 0.233 e. The highest BCUT2D eigenvalue weighted by Crippen LogP contribution is 2.26. The third kappa shape index (κ3) is 4.24. The number of carbonyl (C=O) groups is 1. The fourth-order valence-electron chi connectivity index (χ4n) is 2.71. The second-order valence-electron chi connectivity index (χ2n) is 6.24. The first kappa shape index (κ1) is 18.8. The summed E-state index contributed by atoms with van der Waals surface area (Å²) in [4.78, 5) is 12.3. The summed E-state index contributed by atoms with van der Waals surface area (Å²) in [6.07, 6.45) is 0.449. The predicted octanol–water partition coefficient (Wildman–Crippen LogP) is 1.41. The molecule has 1 amide bonds. The van der Waals surface area contributed by atoms with E-state index in [4.69, 9.17) is 0 Å². The number of rotatable bonds is 5. The van der Waals surface area contributed by atoms with Crippen LogP contribution in [0.15, 0.2) is 29.4 Å². The maximum absolute atomic E-state index is 13.1. The van der Waals surface area contributed by atoms with Crippen molar-refractivity contribution in [2.24, 2.45) is 7.05 Å². The third-order valence-corrected chi connectivity index (χ3v) is 7.07. The lowest BCUT2D eigenvalue weighted by Gasteiger charge is -2.15. The summed E-state index contributed by atoms with van der Waals surface area (Å²) in [6, 6.07) is 5.60. The Morgan fingerprint density at radius 2 is 2.04 bits per heavy atom. The highest BCUT2D eigenvalue weighted by molar-refractivity contribution is 8.00. The molecule has 7 nitrogen and oxygen atoms in total. The van der Waals surface area contributed by atoms with Gasteiger partial charge in [0.25, 0.3) is 0 Å². The molecule has 0 saturated carbocycles. The van der Waals surface area contributed by atoms with Gasteiger partial charge in [0, 0.05) is 18.7 Å². The quantitative estimate of drug-likeness (QED) is 0.766. The Balaban J connectivity index is 1.65. The van der Waals surface area contributed by atoms with Crippen LogP contribution in [0.3, 0.4) is 0 Å². The summed E-state index contributed by atoms with van der Waals surface area (Å²) in [6.45, 7) is 1.73. The van der Waals surface area contributed by atoms with Gasteiger partial charge in [-0.2, -0.15) is 0 Å². The minimum absolute atomic E-state index is 0.00516. The molecular formula is C16H19FN4O3S2. The Bertz CT molecular complexity index is 912. The first-order chi connectivity index (χ1) is 12.2. The molecule has 0 spiro atoms. The lowest BCUT2D eigenvalue weighted by Crippen LogP contribution is -2.40. The Labute approximate surface area is 155 Å². The second kappa shape index (κ2) is 7.36. The highest BCUT2D eigenvalue weighted by atomic mass is 32.2. The number of benzene rings is 1. The van der Waals surface area contributed by atoms with Crippen molar-refractivity contribution in [3.8, 4) is 11.4 Å². The van der Waals surface area contributed by atoms with Crippen molar-refractivity contribution in [1.82, 2.24) is 20.1 Å². The van der Waals surface area contributed by atoms with E-state index in [1.165, 1.54) is 23.9 Å². The van der Waals surface area contributed by atoms with E-state index in [0.717, 1.165) is 5.56 Å². The number of thioether (sulfide) groups is 1. The van der Waals surface area contributed by atoms with Gasteiger partial charge in [-0.1, -0.05) is 11.8 Å². The van der Waals surface area contributed by atoms with E-state index in [-0.39, 0.29) is 29.3 Å². The molecule has 1 fully saturated rings. The first-order valence-corrected chi connectivity index (χ1v) is 10.8. The van der Waals surface area contributed by atoms with Gasteiger partial charge in [-0.25, -0.2) is 12.8 Å². The van der Waals surface area contributed by atoms with Crippen LogP contribution in [-0.2, 0) is 21.7 Å². The molecule has 3 rings (SSSR count). The standard InChI is InChI=1S/C16H19FN4O3S2/c1-10(15(22)18-13-7-8-26(23,24)9-13)25-16-20-19-14(21(16)2)11-3-5-12(17)6-4-11/h3-6,10,13H,7-9H2,1-2H3,(H,18,22)/t10-,13+/m0/s1. The van der Waals surface area contributed by atoms with Gasteiger partial charge in [-0.3, -0.25) is 4.79 Å². The maximum Gasteiger partial charge on any atom is 0.233 e. The molecular weight excluding hydrogens is 379 g/mol. The molecule has 0 bridgehead atoms. The number of sulfone groups is 1. The van der Waals surface area contributed by atoms with Crippen LogP contribution in [0.4, 0.5) is 4.39 Å². The number of amides is 1. The van der Waals surface area contributed by atoms with Crippen molar-refractivity contribution < 1.29 is 17.6 Å². The van der Waals surface area contributed by atoms with Crippen LogP contribution in [0, 0.1) is 5.82 Å². The van der Waals surface area contributed by atoms with E-state index < -0.39 is 15.1 Å². The number of hydrogen-bond acceptors (Lipinski definition) is 6. The van der Waals surface area contributed by atoms with Crippen molar-refractivity contribution in [2.45, 2.75) is 29.8 Å². The molecule has 10 heteroatoms. The summed E-state index contributed by atoms with van der Waals surface area (Å²) in [7, 11) is -1.26. The van der Waals surface area contributed by atoms with E-state index in [1.807, 2.05) is 0 Å². The molecule has 1 aromatic carbocycles. The van der Waals surface area contributed by atoms with Gasteiger partial charge >= 0.3 is 0 Å². The Morgan fingerprint density at radius 1 is 1.35 bits per heavy atom. The monoisotopic (exact) mass is 398 g/mol. The van der Waals surface area contributed by atoms with Crippen LogP contribution >= 0.6 is 11.8 Å². The molecule has 0 unspecified atom stereocenters. The van der Waals surface area contributed by atoms with Crippen LogP contribution < -0.4 is 5.32 Å². The van der Waals surface area contributed by atoms with Crippen molar-refractivity contribution >= 4 is 27.5 Å². The molecule has 1 aromatic heterocycles. The maximum atomic E-state index is 13.1. The molecule has 2 heterocycles. The second-order valence-corrected chi connectivity index (χ2v) is 9.78. The molecule has 1 aliphatic heterocycles. The Kier molecular flexibility index (Phi) is 5.33. The number of nitrogens with zero attached hydrogens (tertiary/aromatic N) is 3. The van der Waals surface area contributed by atoms with E-state index in [9.17, 15) is 17.6 Å². The molecule has 2 atom stereocenters. The lowest BCUT2D eigenvalue weighted by atomic mass is 10.2. The summed E-state index contributed by atoms with van der Waals surface area (Å²) in [5.74, 6) is 0.119. The van der Waals surface area contributed by atoms with Crippen LogP contribution in [0.25, 0.3) is 11.4 Å². The van der Waals surface area contributed by atoms with Crippen LogP contribution in [0.1, 0.15) is 13.3 Å². The average Bonchev–Trinajstić information content (AvgIpc) is 3.11. The lowest BCUT2D eigenvalue weighted by molar-refractivity contribution is -0.120. The number of nitrogens with one attached hydrogen (secondary N) is 1. The van der Waals surface area contributed by atoms with Gasteiger partial charge < -0.3 is 9.88 Å². The largest absolute Gasteiger partial charge is 0.351 e. The molecule has 0 aliphatic carbocycles. The fraction of sp³-hybridized carbons (Fsp3) is 0.438. The average molecular weight is 398 g/mol. The van der Waals surface area contributed by atoms with Gasteiger partial charge in [-0.15, -0.1) is 10.2 Å². The highest BCUT2D eigenvalue weighted by Gasteiger charge is 2.30. The van der Waals surface area contributed by atoms with Crippen molar-refractivity contribution in [3.05, 3.63) is 30.1 Å². The molecule has 1 saturated heterocycles. The van der Waals surface area contributed by atoms with Gasteiger partial charge in [0.2, 0.25) is 5.91 Å². The predicted molar refractivity (Wildman–Crippen MR) is 96.9 cm³/mol. The van der Waals surface area contributed by atoms with E-state index in [0.29, 0.717) is 17.4 Å². The number of hydrogen-bond donors (Lipinski definition) is 1. The topological polar surface area (TPSA) is 93.9 Å². The summed E-state index contributed by atoms with van der Waals surface area (Å²) in [5.41, 5.74) is 0.724. The number of halogens is 1. The van der Waals surface area contributed by atoms with Crippen molar-refractivity contribution in [1.29, 1.82) is 0 Å². The van der Waals surface area contributed by atoms with Gasteiger partial charge in [0.15, 0.2) is 20.8 Å².